The van der Waals surface area contributed by atoms with Crippen molar-refractivity contribution in [1.82, 2.24) is 0 Å². The number of nitrogens with zero attached hydrogens (tertiary/aromatic N) is 1. The van der Waals surface area contributed by atoms with E-state index >= 15 is 0 Å². The van der Waals surface area contributed by atoms with Gasteiger partial charge in [0.15, 0.2) is 0 Å². The first-order valence-electron chi connectivity index (χ1n) is 20.3. The van der Waals surface area contributed by atoms with Crippen LogP contribution >= 0.6 is 0 Å². The normalized spacial score (nSPS) is 11.1. The highest BCUT2D eigenvalue weighted by molar-refractivity contribution is 6.07. The molecule has 0 saturated carbocycles. The fourth-order valence-corrected chi connectivity index (χ4v) is 8.38. The van der Waals surface area contributed by atoms with Gasteiger partial charge in [0, 0.05) is 17.1 Å². The minimum atomic E-state index is 1.09. The quantitative estimate of drug-likeness (QED) is 0.142. The summed E-state index contributed by atoms with van der Waals surface area (Å²) in [5, 5.41) is 2.48. The average Bonchev–Trinajstić information content (AvgIpc) is 3.33. The zero-order valence-electron chi connectivity index (χ0n) is 32.6. The molecule has 0 aliphatic heterocycles. The molecule has 0 atom stereocenters. The molecule has 1 nitrogen and oxygen atoms in total. The Kier molecular flexibility index (Phi) is 9.68. The Hall–Kier alpha value is -7.74. The summed E-state index contributed by atoms with van der Waals surface area (Å²) in [5.74, 6) is 0. The second kappa shape index (κ2) is 16.0. The molecule has 10 rings (SSSR count). The number of benzene rings is 10. The predicted molar refractivity (Wildman–Crippen MR) is 251 cm³/mol. The van der Waals surface area contributed by atoms with Gasteiger partial charge in [-0.2, -0.15) is 0 Å². The van der Waals surface area contributed by atoms with Crippen LogP contribution in [0.4, 0.5) is 17.1 Å². The molecule has 0 bridgehead atoms. The second-order valence-corrected chi connectivity index (χ2v) is 14.9. The van der Waals surface area contributed by atoms with Crippen molar-refractivity contribution in [3.63, 3.8) is 0 Å². The molecule has 10 aromatic rings. The maximum atomic E-state index is 2.36. The molecule has 0 aliphatic rings. The van der Waals surface area contributed by atoms with Crippen LogP contribution in [0.3, 0.4) is 0 Å². The van der Waals surface area contributed by atoms with Crippen LogP contribution in [0.15, 0.2) is 249 Å². The summed E-state index contributed by atoms with van der Waals surface area (Å²) < 4.78 is 0. The van der Waals surface area contributed by atoms with Gasteiger partial charge in [0.2, 0.25) is 0 Å². The molecule has 0 N–H and O–H groups in total. The Morgan fingerprint density at radius 1 is 0.203 bits per heavy atom. The Morgan fingerprint density at radius 3 is 1.05 bits per heavy atom. The van der Waals surface area contributed by atoms with Crippen LogP contribution in [-0.2, 0) is 0 Å². The van der Waals surface area contributed by atoms with Gasteiger partial charge >= 0.3 is 0 Å². The smallest absolute Gasteiger partial charge is 0.0462 e. The van der Waals surface area contributed by atoms with Crippen LogP contribution in [0.5, 0.6) is 0 Å². The molecule has 0 heterocycles. The maximum absolute atomic E-state index is 2.36. The van der Waals surface area contributed by atoms with Crippen molar-refractivity contribution in [3.05, 3.63) is 249 Å². The summed E-state index contributed by atoms with van der Waals surface area (Å²) in [5.41, 5.74) is 17.8. The molecule has 59 heavy (non-hydrogen) atoms. The van der Waals surface area contributed by atoms with Crippen LogP contribution in [0.25, 0.3) is 77.5 Å². The number of fused-ring (bicyclic) bond motifs is 1. The van der Waals surface area contributed by atoms with Gasteiger partial charge in [-0.05, 0) is 120 Å². The number of anilines is 3. The summed E-state index contributed by atoms with van der Waals surface area (Å²) in [6.07, 6.45) is 0. The van der Waals surface area contributed by atoms with Crippen molar-refractivity contribution in [2.45, 2.75) is 0 Å². The first-order chi connectivity index (χ1) is 29.3. The van der Waals surface area contributed by atoms with Gasteiger partial charge in [-0.15, -0.1) is 0 Å². The molecule has 0 spiro atoms. The van der Waals surface area contributed by atoms with Crippen LogP contribution in [0, 0.1) is 0 Å². The van der Waals surface area contributed by atoms with Gasteiger partial charge in [0.05, 0.1) is 0 Å². The minimum Gasteiger partial charge on any atom is -0.311 e. The molecule has 0 unspecified atom stereocenters. The van der Waals surface area contributed by atoms with Crippen molar-refractivity contribution >= 4 is 27.8 Å². The molecule has 1 heteroatoms. The maximum Gasteiger partial charge on any atom is 0.0462 e. The van der Waals surface area contributed by atoms with E-state index in [0.717, 1.165) is 17.1 Å². The first kappa shape index (κ1) is 35.7. The summed E-state index contributed by atoms with van der Waals surface area (Å²) >= 11 is 0. The molecule has 0 amide bonds. The van der Waals surface area contributed by atoms with Crippen molar-refractivity contribution in [3.8, 4) is 66.8 Å². The number of rotatable bonds is 9. The Labute approximate surface area is 346 Å². The molecular weight excluding hydrogens is 711 g/mol. The van der Waals surface area contributed by atoms with E-state index in [1.54, 1.807) is 0 Å². The van der Waals surface area contributed by atoms with E-state index in [1.807, 2.05) is 0 Å². The lowest BCUT2D eigenvalue weighted by molar-refractivity contribution is 1.28. The van der Waals surface area contributed by atoms with E-state index in [0.29, 0.717) is 0 Å². The van der Waals surface area contributed by atoms with E-state index in [1.165, 1.54) is 77.5 Å². The summed E-state index contributed by atoms with van der Waals surface area (Å²) in [6.45, 7) is 0. The number of hydrogen-bond donors (Lipinski definition) is 0. The van der Waals surface area contributed by atoms with Crippen molar-refractivity contribution < 1.29 is 0 Å². The Bertz CT molecular complexity index is 2980. The second-order valence-electron chi connectivity index (χ2n) is 14.9. The third kappa shape index (κ3) is 7.23. The Balaban J connectivity index is 1.04. The van der Waals surface area contributed by atoms with E-state index in [9.17, 15) is 0 Å². The highest BCUT2D eigenvalue weighted by Crippen LogP contribution is 2.41. The number of hydrogen-bond acceptors (Lipinski definition) is 1. The van der Waals surface area contributed by atoms with Gasteiger partial charge in [-0.1, -0.05) is 206 Å². The fourth-order valence-electron chi connectivity index (χ4n) is 8.38. The van der Waals surface area contributed by atoms with Crippen molar-refractivity contribution in [1.29, 1.82) is 0 Å². The summed E-state index contributed by atoms with van der Waals surface area (Å²) in [6, 6.07) is 89.7. The third-order valence-electron chi connectivity index (χ3n) is 11.3. The Morgan fingerprint density at radius 2 is 0.525 bits per heavy atom. The standard InChI is InChI=1S/C58H41N/c1-4-15-42(16-5-1)44-29-35-51(36-30-44)59(52-37-31-46(32-38-52)55-26-11-10-25-54(55)45-19-8-3-9-20-45)53-39-33-47(34-40-53)56-27-13-21-48-22-14-28-57(58(48)56)50-24-12-23-49(41-50)43-17-6-2-7-18-43/h1-41H. The topological polar surface area (TPSA) is 3.24 Å². The van der Waals surface area contributed by atoms with Crippen molar-refractivity contribution in [2.24, 2.45) is 0 Å². The fraction of sp³-hybridized carbons (Fsp3) is 0. The molecule has 0 aliphatic carbocycles. The molecule has 10 aromatic carbocycles. The van der Waals surface area contributed by atoms with E-state index in [4.69, 9.17) is 0 Å². The van der Waals surface area contributed by atoms with Crippen LogP contribution in [0.2, 0.25) is 0 Å². The summed E-state index contributed by atoms with van der Waals surface area (Å²) in [7, 11) is 0. The van der Waals surface area contributed by atoms with Crippen LogP contribution < -0.4 is 4.90 Å². The zero-order valence-corrected chi connectivity index (χ0v) is 32.6. The highest BCUT2D eigenvalue weighted by atomic mass is 15.1. The largest absolute Gasteiger partial charge is 0.311 e. The lowest BCUT2D eigenvalue weighted by atomic mass is 9.90. The lowest BCUT2D eigenvalue weighted by Gasteiger charge is -2.26. The van der Waals surface area contributed by atoms with E-state index in [2.05, 4.69) is 254 Å². The highest BCUT2D eigenvalue weighted by Gasteiger charge is 2.16. The monoisotopic (exact) mass is 751 g/mol. The van der Waals surface area contributed by atoms with E-state index in [-0.39, 0.29) is 0 Å². The SMILES string of the molecule is c1ccc(-c2ccc(N(c3ccc(-c4ccccc4-c4ccccc4)cc3)c3ccc(-c4cccc5cccc(-c6cccc(-c7ccccc7)c6)c45)cc3)cc2)cc1. The minimum absolute atomic E-state index is 1.09. The zero-order chi connectivity index (χ0) is 39.4. The molecule has 0 radical (unpaired) electrons. The molecule has 0 fully saturated rings. The van der Waals surface area contributed by atoms with Gasteiger partial charge in [-0.3, -0.25) is 0 Å². The van der Waals surface area contributed by atoms with Gasteiger partial charge in [0.1, 0.15) is 0 Å². The van der Waals surface area contributed by atoms with Gasteiger partial charge in [0.25, 0.3) is 0 Å². The van der Waals surface area contributed by atoms with Gasteiger partial charge in [-0.25, -0.2) is 0 Å². The molecule has 278 valence electrons. The molecule has 0 aromatic heterocycles. The van der Waals surface area contributed by atoms with Gasteiger partial charge < -0.3 is 4.90 Å². The summed E-state index contributed by atoms with van der Waals surface area (Å²) in [4.78, 5) is 2.36. The third-order valence-corrected chi connectivity index (χ3v) is 11.3. The lowest BCUT2D eigenvalue weighted by Crippen LogP contribution is -2.09. The van der Waals surface area contributed by atoms with Crippen molar-refractivity contribution in [2.75, 3.05) is 4.90 Å². The predicted octanol–water partition coefficient (Wildman–Crippen LogP) is 16.3. The average molecular weight is 752 g/mol. The molecule has 0 saturated heterocycles. The van der Waals surface area contributed by atoms with Crippen LogP contribution in [0.1, 0.15) is 0 Å². The van der Waals surface area contributed by atoms with Crippen LogP contribution in [-0.4, -0.2) is 0 Å². The molecular formula is C58H41N. The first-order valence-corrected chi connectivity index (χ1v) is 20.3. The van der Waals surface area contributed by atoms with E-state index < -0.39 is 0 Å².